The zero-order valence-corrected chi connectivity index (χ0v) is 15.7. The van der Waals surface area contributed by atoms with Gasteiger partial charge in [0.25, 0.3) is 5.89 Å². The number of rotatable bonds is 6. The Morgan fingerprint density at radius 1 is 1.07 bits per heavy atom. The van der Waals surface area contributed by atoms with Gasteiger partial charge in [-0.25, -0.2) is 4.79 Å². The molecule has 0 aliphatic carbocycles. The third kappa shape index (κ3) is 5.32. The van der Waals surface area contributed by atoms with E-state index in [0.29, 0.717) is 11.3 Å². The molecule has 0 saturated carbocycles. The number of benzene rings is 2. The van der Waals surface area contributed by atoms with Crippen LogP contribution in [-0.2, 0) is 22.3 Å². The molecule has 0 fully saturated rings. The zero-order chi connectivity index (χ0) is 20.1. The van der Waals surface area contributed by atoms with Gasteiger partial charge in [0.2, 0.25) is 5.82 Å². The number of aromatic nitrogens is 2. The Kier molecular flexibility index (Phi) is 5.98. The zero-order valence-electron chi connectivity index (χ0n) is 14.1. The summed E-state index contributed by atoms with van der Waals surface area (Å²) in [6, 6.07) is 11.2. The molecule has 0 spiro atoms. The van der Waals surface area contributed by atoms with Crippen molar-refractivity contribution < 1.29 is 32.0 Å². The maximum absolute atomic E-state index is 12.6. The van der Waals surface area contributed by atoms with E-state index < -0.39 is 17.7 Å². The van der Waals surface area contributed by atoms with Crippen molar-refractivity contribution in [2.75, 3.05) is 6.61 Å². The second-order valence-electron chi connectivity index (χ2n) is 5.49. The molecule has 1 aromatic heterocycles. The molecule has 0 bridgehead atoms. The van der Waals surface area contributed by atoms with Crippen molar-refractivity contribution in [3.63, 3.8) is 0 Å². The summed E-state index contributed by atoms with van der Waals surface area (Å²) >= 11 is 3.29. The number of nitrogens with zero attached hydrogens (tertiary/aromatic N) is 2. The molecule has 0 N–H and O–H groups in total. The van der Waals surface area contributed by atoms with E-state index in [0.717, 1.165) is 16.6 Å². The predicted octanol–water partition coefficient (Wildman–Crippen LogP) is 4.64. The maximum atomic E-state index is 12.6. The average molecular weight is 457 g/mol. The summed E-state index contributed by atoms with van der Waals surface area (Å²) in [5.41, 5.74) is -0.437. The molecule has 0 aliphatic heterocycles. The lowest BCUT2D eigenvalue weighted by atomic mass is 10.1. The summed E-state index contributed by atoms with van der Waals surface area (Å²) in [5, 5.41) is 3.66. The highest BCUT2D eigenvalue weighted by molar-refractivity contribution is 9.10. The minimum atomic E-state index is -4.42. The summed E-state index contributed by atoms with van der Waals surface area (Å²) in [6.45, 7) is -0.586. The Labute approximate surface area is 165 Å². The number of ether oxygens (including phenoxy) is 2. The van der Waals surface area contributed by atoms with Crippen LogP contribution in [0.15, 0.2) is 57.5 Å². The Morgan fingerprint density at radius 3 is 2.39 bits per heavy atom. The third-order valence-electron chi connectivity index (χ3n) is 3.47. The molecule has 2 aromatic carbocycles. The number of halogens is 4. The highest BCUT2D eigenvalue weighted by Crippen LogP contribution is 2.30. The SMILES string of the molecule is O=C(COc1ccc(Br)cc1)OCc1nc(-c2ccc(C(F)(F)F)cc2)no1. The first-order valence-electron chi connectivity index (χ1n) is 7.85. The lowest BCUT2D eigenvalue weighted by Crippen LogP contribution is -2.14. The van der Waals surface area contributed by atoms with Crippen LogP contribution < -0.4 is 4.74 Å². The van der Waals surface area contributed by atoms with Crippen molar-refractivity contribution in [1.82, 2.24) is 10.1 Å². The summed E-state index contributed by atoms with van der Waals surface area (Å²) < 4.78 is 53.8. The molecule has 146 valence electrons. The van der Waals surface area contributed by atoms with Crippen LogP contribution >= 0.6 is 15.9 Å². The molecule has 0 unspecified atom stereocenters. The van der Waals surface area contributed by atoms with Gasteiger partial charge in [0.15, 0.2) is 13.2 Å². The molecular formula is C18H12BrF3N2O4. The van der Waals surface area contributed by atoms with Crippen molar-refractivity contribution in [2.45, 2.75) is 12.8 Å². The van der Waals surface area contributed by atoms with Crippen LogP contribution in [0.3, 0.4) is 0 Å². The van der Waals surface area contributed by atoms with E-state index in [4.69, 9.17) is 14.0 Å². The minimum Gasteiger partial charge on any atom is -0.482 e. The molecule has 0 amide bonds. The normalized spacial score (nSPS) is 11.3. The van der Waals surface area contributed by atoms with E-state index in [1.165, 1.54) is 12.1 Å². The number of esters is 1. The fraction of sp³-hybridized carbons (Fsp3) is 0.167. The topological polar surface area (TPSA) is 74.5 Å². The van der Waals surface area contributed by atoms with Crippen LogP contribution in [0.2, 0.25) is 0 Å². The van der Waals surface area contributed by atoms with Gasteiger partial charge in [0.05, 0.1) is 5.56 Å². The molecule has 0 aliphatic rings. The predicted molar refractivity (Wildman–Crippen MR) is 94.2 cm³/mol. The van der Waals surface area contributed by atoms with Crippen molar-refractivity contribution in [3.05, 3.63) is 64.5 Å². The number of hydrogen-bond donors (Lipinski definition) is 0. The fourth-order valence-electron chi connectivity index (χ4n) is 2.10. The van der Waals surface area contributed by atoms with Crippen LogP contribution in [-0.4, -0.2) is 22.7 Å². The summed E-state index contributed by atoms with van der Waals surface area (Å²) in [6.07, 6.45) is -4.42. The minimum absolute atomic E-state index is 0.00638. The third-order valence-corrected chi connectivity index (χ3v) is 3.99. The molecule has 1 heterocycles. The van der Waals surface area contributed by atoms with Gasteiger partial charge in [0, 0.05) is 10.0 Å². The molecule has 6 nitrogen and oxygen atoms in total. The van der Waals surface area contributed by atoms with E-state index >= 15 is 0 Å². The molecule has 0 saturated heterocycles. The van der Waals surface area contributed by atoms with Crippen LogP contribution in [0.25, 0.3) is 11.4 Å². The van der Waals surface area contributed by atoms with Crippen molar-refractivity contribution >= 4 is 21.9 Å². The van der Waals surface area contributed by atoms with Gasteiger partial charge in [-0.2, -0.15) is 18.2 Å². The van der Waals surface area contributed by atoms with Crippen molar-refractivity contribution in [1.29, 1.82) is 0 Å². The van der Waals surface area contributed by atoms with E-state index in [1.807, 2.05) is 0 Å². The lowest BCUT2D eigenvalue weighted by molar-refractivity contribution is -0.148. The smallest absolute Gasteiger partial charge is 0.416 e. The summed E-state index contributed by atoms with van der Waals surface area (Å²) in [4.78, 5) is 15.7. The van der Waals surface area contributed by atoms with E-state index in [-0.39, 0.29) is 24.9 Å². The van der Waals surface area contributed by atoms with Crippen LogP contribution in [0, 0.1) is 0 Å². The molecule has 10 heteroatoms. The number of carbonyl (C=O) groups excluding carboxylic acids is 1. The van der Waals surface area contributed by atoms with Gasteiger partial charge in [-0.1, -0.05) is 33.2 Å². The van der Waals surface area contributed by atoms with E-state index in [1.54, 1.807) is 24.3 Å². The first kappa shape index (κ1) is 19.9. The van der Waals surface area contributed by atoms with E-state index in [2.05, 4.69) is 26.1 Å². The van der Waals surface area contributed by atoms with Gasteiger partial charge in [-0.3, -0.25) is 0 Å². The molecule has 0 radical (unpaired) electrons. The fourth-order valence-corrected chi connectivity index (χ4v) is 2.36. The first-order chi connectivity index (χ1) is 13.3. The second-order valence-corrected chi connectivity index (χ2v) is 6.41. The Morgan fingerprint density at radius 2 is 1.75 bits per heavy atom. The van der Waals surface area contributed by atoms with Crippen molar-refractivity contribution in [3.8, 4) is 17.1 Å². The molecule has 3 aromatic rings. The van der Waals surface area contributed by atoms with Crippen LogP contribution in [0.4, 0.5) is 13.2 Å². The van der Waals surface area contributed by atoms with Gasteiger partial charge >= 0.3 is 12.1 Å². The maximum Gasteiger partial charge on any atom is 0.416 e. The van der Waals surface area contributed by atoms with Gasteiger partial charge in [-0.05, 0) is 36.4 Å². The standard InChI is InChI=1S/C18H12BrF3N2O4/c19-13-5-7-14(8-6-13)26-10-16(25)27-9-15-23-17(24-28-15)11-1-3-12(4-2-11)18(20,21)22/h1-8H,9-10H2. The number of carbonyl (C=O) groups is 1. The first-order valence-corrected chi connectivity index (χ1v) is 8.65. The van der Waals surface area contributed by atoms with E-state index in [9.17, 15) is 18.0 Å². The quantitative estimate of drug-likeness (QED) is 0.503. The molecule has 28 heavy (non-hydrogen) atoms. The second kappa shape index (κ2) is 8.42. The van der Waals surface area contributed by atoms with Crippen molar-refractivity contribution in [2.24, 2.45) is 0 Å². The Hall–Kier alpha value is -2.88. The highest BCUT2D eigenvalue weighted by Gasteiger charge is 2.30. The Bertz CT molecular complexity index is 941. The summed E-state index contributed by atoms with van der Waals surface area (Å²) in [5.74, 6) is -0.0440. The summed E-state index contributed by atoms with van der Waals surface area (Å²) in [7, 11) is 0. The molecule has 3 rings (SSSR count). The van der Waals surface area contributed by atoms with Gasteiger partial charge in [-0.15, -0.1) is 0 Å². The van der Waals surface area contributed by atoms with Gasteiger partial charge < -0.3 is 14.0 Å². The monoisotopic (exact) mass is 456 g/mol. The number of hydrogen-bond acceptors (Lipinski definition) is 6. The largest absolute Gasteiger partial charge is 0.482 e. The Balaban J connectivity index is 1.51. The molecule has 0 atom stereocenters. The highest BCUT2D eigenvalue weighted by atomic mass is 79.9. The average Bonchev–Trinajstić information content (AvgIpc) is 3.14. The molecular weight excluding hydrogens is 445 g/mol. The lowest BCUT2D eigenvalue weighted by Gasteiger charge is -2.06. The van der Waals surface area contributed by atoms with Gasteiger partial charge in [0.1, 0.15) is 5.75 Å². The number of alkyl halides is 3. The van der Waals surface area contributed by atoms with Crippen LogP contribution in [0.1, 0.15) is 11.5 Å². The van der Waals surface area contributed by atoms with Crippen LogP contribution in [0.5, 0.6) is 5.75 Å².